The van der Waals surface area contributed by atoms with E-state index in [2.05, 4.69) is 4.90 Å². The van der Waals surface area contributed by atoms with Gasteiger partial charge in [0.05, 0.1) is 6.42 Å². The van der Waals surface area contributed by atoms with Crippen molar-refractivity contribution in [2.75, 3.05) is 26.9 Å². The Morgan fingerprint density at radius 3 is 2.89 bits per heavy atom. The molecule has 2 aliphatic heterocycles. The maximum absolute atomic E-state index is 14.0. The summed E-state index contributed by atoms with van der Waals surface area (Å²) in [6.07, 6.45) is 2.30. The van der Waals surface area contributed by atoms with Gasteiger partial charge < -0.3 is 14.4 Å². The number of hydrogen-bond donors (Lipinski definition) is 0. The fraction of sp³-hybridized carbons (Fsp3) is 0.409. The van der Waals surface area contributed by atoms with Gasteiger partial charge in [-0.3, -0.25) is 9.69 Å². The lowest BCUT2D eigenvalue weighted by Gasteiger charge is -2.37. The van der Waals surface area contributed by atoms with E-state index in [-0.39, 0.29) is 24.6 Å². The molecule has 0 spiro atoms. The molecule has 0 radical (unpaired) electrons. The zero-order valence-electron chi connectivity index (χ0n) is 16.1. The lowest BCUT2D eigenvalue weighted by Crippen LogP contribution is -2.48. The molecule has 2 heterocycles. The molecule has 0 unspecified atom stereocenters. The van der Waals surface area contributed by atoms with E-state index in [1.54, 1.807) is 6.07 Å². The minimum Gasteiger partial charge on any atom is -0.454 e. The van der Waals surface area contributed by atoms with E-state index in [0.717, 1.165) is 37.2 Å². The third kappa shape index (κ3) is 4.12. The quantitative estimate of drug-likeness (QED) is 0.794. The molecule has 1 fully saturated rings. The number of piperidine rings is 1. The molecule has 2 aromatic rings. The SMILES string of the molecule is CN(C(=O)Cc1ccc2c(c1)OCO2)[C@H]1CCCN(Cc2ccccc2F)C1. The van der Waals surface area contributed by atoms with E-state index < -0.39 is 0 Å². The van der Waals surface area contributed by atoms with Crippen molar-refractivity contribution in [2.45, 2.75) is 31.8 Å². The van der Waals surface area contributed by atoms with Gasteiger partial charge in [0.25, 0.3) is 0 Å². The van der Waals surface area contributed by atoms with E-state index in [9.17, 15) is 9.18 Å². The molecule has 0 N–H and O–H groups in total. The predicted octanol–water partition coefficient (Wildman–Crippen LogP) is 3.22. The van der Waals surface area contributed by atoms with Crippen LogP contribution in [0.25, 0.3) is 0 Å². The Morgan fingerprint density at radius 1 is 1.21 bits per heavy atom. The van der Waals surface area contributed by atoms with Gasteiger partial charge in [-0.15, -0.1) is 0 Å². The monoisotopic (exact) mass is 384 g/mol. The number of hydrogen-bond acceptors (Lipinski definition) is 4. The number of amides is 1. The number of fused-ring (bicyclic) bond motifs is 1. The first-order valence-electron chi connectivity index (χ1n) is 9.70. The number of likely N-dealkylation sites (tertiary alicyclic amines) is 1. The van der Waals surface area contributed by atoms with Gasteiger partial charge in [0, 0.05) is 31.7 Å². The molecule has 1 amide bonds. The van der Waals surface area contributed by atoms with E-state index in [0.29, 0.717) is 24.3 Å². The number of ether oxygens (including phenoxy) is 2. The van der Waals surface area contributed by atoms with Crippen molar-refractivity contribution in [3.05, 3.63) is 59.4 Å². The Labute approximate surface area is 164 Å². The molecule has 28 heavy (non-hydrogen) atoms. The molecule has 1 atom stereocenters. The van der Waals surface area contributed by atoms with Crippen LogP contribution in [0.2, 0.25) is 0 Å². The summed E-state index contributed by atoms with van der Waals surface area (Å²) in [5, 5.41) is 0. The highest BCUT2D eigenvalue weighted by molar-refractivity contribution is 5.79. The molecule has 2 aliphatic rings. The molecule has 2 aromatic carbocycles. The summed E-state index contributed by atoms with van der Waals surface area (Å²) in [6, 6.07) is 12.7. The first-order valence-corrected chi connectivity index (χ1v) is 9.70. The van der Waals surface area contributed by atoms with Crippen LogP contribution < -0.4 is 9.47 Å². The third-order valence-electron chi connectivity index (χ3n) is 5.57. The van der Waals surface area contributed by atoms with Gasteiger partial charge in [-0.2, -0.15) is 0 Å². The van der Waals surface area contributed by atoms with Crippen molar-refractivity contribution in [3.63, 3.8) is 0 Å². The predicted molar refractivity (Wildman–Crippen MR) is 104 cm³/mol. The van der Waals surface area contributed by atoms with Gasteiger partial charge in [-0.25, -0.2) is 4.39 Å². The highest BCUT2D eigenvalue weighted by Crippen LogP contribution is 2.32. The van der Waals surface area contributed by atoms with E-state index in [1.807, 2.05) is 42.3 Å². The molecule has 148 valence electrons. The molecular formula is C22H25FN2O3. The average Bonchev–Trinajstić information content (AvgIpc) is 3.17. The molecule has 4 rings (SSSR count). The van der Waals surface area contributed by atoms with Crippen molar-refractivity contribution in [1.82, 2.24) is 9.80 Å². The topological polar surface area (TPSA) is 42.0 Å². The third-order valence-corrected chi connectivity index (χ3v) is 5.57. The second-order valence-corrected chi connectivity index (χ2v) is 7.49. The zero-order chi connectivity index (χ0) is 19.5. The lowest BCUT2D eigenvalue weighted by atomic mass is 10.0. The van der Waals surface area contributed by atoms with Crippen LogP contribution in [0.4, 0.5) is 4.39 Å². The maximum atomic E-state index is 14.0. The first kappa shape index (κ1) is 18.7. The van der Waals surface area contributed by atoms with Gasteiger partial charge >= 0.3 is 0 Å². The van der Waals surface area contributed by atoms with Crippen LogP contribution in [0.15, 0.2) is 42.5 Å². The van der Waals surface area contributed by atoms with Crippen molar-refractivity contribution in [1.29, 1.82) is 0 Å². The van der Waals surface area contributed by atoms with Crippen molar-refractivity contribution >= 4 is 5.91 Å². The summed E-state index contributed by atoms with van der Waals surface area (Å²) in [4.78, 5) is 16.9. The van der Waals surface area contributed by atoms with Gasteiger partial charge in [-0.1, -0.05) is 24.3 Å². The van der Waals surface area contributed by atoms with Crippen molar-refractivity contribution in [2.24, 2.45) is 0 Å². The van der Waals surface area contributed by atoms with Crippen LogP contribution in [0.3, 0.4) is 0 Å². The lowest BCUT2D eigenvalue weighted by molar-refractivity contribution is -0.132. The van der Waals surface area contributed by atoms with Gasteiger partial charge in [0.2, 0.25) is 12.7 Å². The largest absolute Gasteiger partial charge is 0.454 e. The van der Waals surface area contributed by atoms with Crippen LogP contribution in [-0.4, -0.2) is 48.7 Å². The molecule has 6 heteroatoms. The fourth-order valence-electron chi connectivity index (χ4n) is 3.91. The Balaban J connectivity index is 1.36. The molecule has 0 aliphatic carbocycles. The summed E-state index contributed by atoms with van der Waals surface area (Å²) >= 11 is 0. The average molecular weight is 384 g/mol. The number of likely N-dealkylation sites (N-methyl/N-ethyl adjacent to an activating group) is 1. The molecule has 0 bridgehead atoms. The highest BCUT2D eigenvalue weighted by Gasteiger charge is 2.27. The maximum Gasteiger partial charge on any atom is 0.231 e. The molecule has 0 aromatic heterocycles. The zero-order valence-corrected chi connectivity index (χ0v) is 16.1. The number of rotatable bonds is 5. The standard InChI is InChI=1S/C22H25FN2O3/c1-24(22(26)12-16-8-9-20-21(11-16)28-15-27-20)18-6-4-10-25(14-18)13-17-5-2-3-7-19(17)23/h2-3,5,7-9,11,18H,4,6,10,12-15H2,1H3/t18-/m0/s1. The van der Waals surface area contributed by atoms with Gasteiger partial charge in [0.15, 0.2) is 11.5 Å². The summed E-state index contributed by atoms with van der Waals surface area (Å²) in [5.41, 5.74) is 1.62. The van der Waals surface area contributed by atoms with Gasteiger partial charge in [-0.05, 0) is 43.1 Å². The summed E-state index contributed by atoms with van der Waals surface area (Å²) < 4.78 is 24.7. The minimum absolute atomic E-state index is 0.0802. The number of halogens is 1. The van der Waals surface area contributed by atoms with Crippen LogP contribution in [-0.2, 0) is 17.8 Å². The van der Waals surface area contributed by atoms with E-state index >= 15 is 0 Å². The van der Waals surface area contributed by atoms with E-state index in [4.69, 9.17) is 9.47 Å². The van der Waals surface area contributed by atoms with E-state index in [1.165, 1.54) is 6.07 Å². The van der Waals surface area contributed by atoms with Gasteiger partial charge in [0.1, 0.15) is 5.82 Å². The van der Waals surface area contributed by atoms with Crippen LogP contribution in [0.5, 0.6) is 11.5 Å². The minimum atomic E-state index is -0.170. The Hall–Kier alpha value is -2.60. The summed E-state index contributed by atoms with van der Waals surface area (Å²) in [5.74, 6) is 1.33. The van der Waals surface area contributed by atoms with Crippen LogP contribution in [0.1, 0.15) is 24.0 Å². The number of carbonyl (C=O) groups excluding carboxylic acids is 1. The Morgan fingerprint density at radius 2 is 2.04 bits per heavy atom. The second kappa shape index (κ2) is 8.19. The first-order chi connectivity index (χ1) is 13.6. The summed E-state index contributed by atoms with van der Waals surface area (Å²) in [7, 11) is 1.87. The smallest absolute Gasteiger partial charge is 0.231 e. The van der Waals surface area contributed by atoms with Crippen LogP contribution >= 0.6 is 0 Å². The van der Waals surface area contributed by atoms with Crippen molar-refractivity contribution in [3.8, 4) is 11.5 Å². The Bertz CT molecular complexity index is 857. The highest BCUT2D eigenvalue weighted by atomic mass is 19.1. The number of nitrogens with zero attached hydrogens (tertiary/aromatic N) is 2. The molecule has 1 saturated heterocycles. The second-order valence-electron chi connectivity index (χ2n) is 7.49. The Kier molecular flexibility index (Phi) is 5.48. The summed E-state index contributed by atoms with van der Waals surface area (Å²) in [6.45, 7) is 2.49. The van der Waals surface area contributed by atoms with Crippen molar-refractivity contribution < 1.29 is 18.7 Å². The number of carbonyl (C=O) groups is 1. The molecular weight excluding hydrogens is 359 g/mol. The van der Waals surface area contributed by atoms with Crippen LogP contribution in [0, 0.1) is 5.82 Å². The number of benzene rings is 2. The molecule has 5 nitrogen and oxygen atoms in total. The molecule has 0 saturated carbocycles. The fourth-order valence-corrected chi connectivity index (χ4v) is 3.91. The normalized spacial score (nSPS) is 18.9.